The van der Waals surface area contributed by atoms with Crippen LogP contribution >= 0.6 is 0 Å². The summed E-state index contributed by atoms with van der Waals surface area (Å²) in [7, 11) is 0. The van der Waals surface area contributed by atoms with Crippen molar-refractivity contribution in [3.8, 4) is 11.5 Å². The summed E-state index contributed by atoms with van der Waals surface area (Å²) in [5.41, 5.74) is 1.31. The molecule has 6 heteroatoms. The molecular formula is C19H12FNO4. The minimum absolute atomic E-state index is 0.0843. The Morgan fingerprint density at radius 3 is 2.76 bits per heavy atom. The van der Waals surface area contributed by atoms with E-state index in [-0.39, 0.29) is 12.2 Å². The van der Waals surface area contributed by atoms with Crippen LogP contribution in [0.2, 0.25) is 0 Å². The lowest BCUT2D eigenvalue weighted by Gasteiger charge is -2.02. The van der Waals surface area contributed by atoms with E-state index in [1.54, 1.807) is 6.07 Å². The van der Waals surface area contributed by atoms with Crippen LogP contribution in [0.1, 0.15) is 16.1 Å². The molecule has 2 aromatic carbocycles. The molecule has 0 spiro atoms. The zero-order chi connectivity index (χ0) is 17.2. The molecule has 0 aliphatic heterocycles. The van der Waals surface area contributed by atoms with E-state index in [4.69, 9.17) is 13.7 Å². The molecular weight excluding hydrogens is 325 g/mol. The van der Waals surface area contributed by atoms with Crippen LogP contribution in [0, 0.1) is 5.82 Å². The fourth-order valence-corrected chi connectivity index (χ4v) is 2.44. The van der Waals surface area contributed by atoms with E-state index in [0.717, 1.165) is 17.0 Å². The molecule has 4 aromatic rings. The minimum Gasteiger partial charge on any atom is -0.455 e. The number of halogens is 1. The van der Waals surface area contributed by atoms with Crippen molar-refractivity contribution in [2.75, 3.05) is 0 Å². The van der Waals surface area contributed by atoms with Crippen LogP contribution in [0.25, 0.3) is 22.5 Å². The first-order valence-electron chi connectivity index (χ1n) is 7.56. The van der Waals surface area contributed by atoms with Crippen molar-refractivity contribution < 1.29 is 22.9 Å². The highest BCUT2D eigenvalue weighted by atomic mass is 19.1. The Morgan fingerprint density at radius 2 is 1.92 bits per heavy atom. The van der Waals surface area contributed by atoms with Gasteiger partial charge in [0.2, 0.25) is 5.76 Å². The summed E-state index contributed by atoms with van der Waals surface area (Å²) in [6.07, 6.45) is 0. The molecule has 0 bridgehead atoms. The fourth-order valence-electron chi connectivity index (χ4n) is 2.44. The number of para-hydroxylation sites is 1. The molecule has 5 nitrogen and oxygen atoms in total. The third-order valence-electron chi connectivity index (χ3n) is 3.64. The van der Waals surface area contributed by atoms with Crippen molar-refractivity contribution >= 4 is 16.9 Å². The average Bonchev–Trinajstić information content (AvgIpc) is 3.26. The van der Waals surface area contributed by atoms with E-state index in [1.807, 2.05) is 30.3 Å². The SMILES string of the molecule is O=C(OCc1cc(-c2cc3ccccc3o2)on1)c1cccc(F)c1. The normalized spacial score (nSPS) is 10.9. The van der Waals surface area contributed by atoms with Gasteiger partial charge in [0.15, 0.2) is 5.76 Å². The van der Waals surface area contributed by atoms with Gasteiger partial charge < -0.3 is 13.7 Å². The number of carbonyl (C=O) groups excluding carboxylic acids is 1. The van der Waals surface area contributed by atoms with Gasteiger partial charge in [-0.2, -0.15) is 0 Å². The van der Waals surface area contributed by atoms with E-state index < -0.39 is 11.8 Å². The zero-order valence-corrected chi connectivity index (χ0v) is 12.9. The van der Waals surface area contributed by atoms with E-state index >= 15 is 0 Å². The summed E-state index contributed by atoms with van der Waals surface area (Å²) in [5.74, 6) is -0.153. The maximum atomic E-state index is 13.1. The van der Waals surface area contributed by atoms with Crippen LogP contribution in [0.4, 0.5) is 4.39 Å². The fraction of sp³-hybridized carbons (Fsp3) is 0.0526. The minimum atomic E-state index is -0.632. The highest BCUT2D eigenvalue weighted by Crippen LogP contribution is 2.28. The first-order valence-corrected chi connectivity index (χ1v) is 7.56. The number of rotatable bonds is 4. The monoisotopic (exact) mass is 337 g/mol. The molecule has 4 rings (SSSR count). The van der Waals surface area contributed by atoms with Gasteiger partial charge in [0.1, 0.15) is 23.7 Å². The Labute approximate surface area is 141 Å². The second kappa shape index (κ2) is 6.24. The highest BCUT2D eigenvalue weighted by molar-refractivity contribution is 5.89. The number of benzene rings is 2. The van der Waals surface area contributed by atoms with Gasteiger partial charge in [-0.05, 0) is 30.3 Å². The molecule has 0 unspecified atom stereocenters. The Hall–Kier alpha value is -3.41. The van der Waals surface area contributed by atoms with E-state index in [9.17, 15) is 9.18 Å². The molecule has 124 valence electrons. The van der Waals surface area contributed by atoms with Gasteiger partial charge in [-0.1, -0.05) is 29.4 Å². The van der Waals surface area contributed by atoms with Crippen molar-refractivity contribution in [1.82, 2.24) is 5.16 Å². The summed E-state index contributed by atoms with van der Waals surface area (Å²) < 4.78 is 29.2. The largest absolute Gasteiger partial charge is 0.455 e. The molecule has 0 radical (unpaired) electrons. The van der Waals surface area contributed by atoms with Crippen LogP contribution < -0.4 is 0 Å². The molecule has 0 amide bonds. The lowest BCUT2D eigenvalue weighted by atomic mass is 10.2. The number of esters is 1. The summed E-state index contributed by atoms with van der Waals surface area (Å²) in [5, 5.41) is 4.81. The van der Waals surface area contributed by atoms with Gasteiger partial charge in [0.25, 0.3) is 0 Å². The number of carbonyl (C=O) groups is 1. The molecule has 0 aliphatic carbocycles. The van der Waals surface area contributed by atoms with Crippen molar-refractivity contribution in [1.29, 1.82) is 0 Å². The zero-order valence-electron chi connectivity index (χ0n) is 12.9. The Morgan fingerprint density at radius 1 is 1.04 bits per heavy atom. The van der Waals surface area contributed by atoms with E-state index in [2.05, 4.69) is 5.16 Å². The second-order valence-electron chi connectivity index (χ2n) is 5.42. The van der Waals surface area contributed by atoms with E-state index in [0.29, 0.717) is 17.2 Å². The molecule has 2 aromatic heterocycles. The average molecular weight is 337 g/mol. The number of hydrogen-bond acceptors (Lipinski definition) is 5. The van der Waals surface area contributed by atoms with Gasteiger partial charge >= 0.3 is 5.97 Å². The number of ether oxygens (including phenoxy) is 1. The lowest BCUT2D eigenvalue weighted by Crippen LogP contribution is -2.05. The molecule has 0 atom stereocenters. The summed E-state index contributed by atoms with van der Waals surface area (Å²) in [4.78, 5) is 11.9. The smallest absolute Gasteiger partial charge is 0.338 e. The summed E-state index contributed by atoms with van der Waals surface area (Å²) in [6.45, 7) is -0.0843. The van der Waals surface area contributed by atoms with Crippen molar-refractivity contribution in [3.05, 3.63) is 77.7 Å². The first kappa shape index (κ1) is 15.1. The van der Waals surface area contributed by atoms with Crippen molar-refractivity contribution in [2.45, 2.75) is 6.61 Å². The molecule has 25 heavy (non-hydrogen) atoms. The van der Waals surface area contributed by atoms with Gasteiger partial charge in [-0.25, -0.2) is 9.18 Å². The van der Waals surface area contributed by atoms with Crippen LogP contribution in [-0.4, -0.2) is 11.1 Å². The van der Waals surface area contributed by atoms with Gasteiger partial charge in [-0.3, -0.25) is 0 Å². The van der Waals surface area contributed by atoms with Gasteiger partial charge in [-0.15, -0.1) is 0 Å². The molecule has 0 saturated carbocycles. The first-order chi connectivity index (χ1) is 12.2. The highest BCUT2D eigenvalue weighted by Gasteiger charge is 2.14. The summed E-state index contributed by atoms with van der Waals surface area (Å²) in [6, 6.07) is 16.4. The predicted octanol–water partition coefficient (Wildman–Crippen LogP) is 4.58. The molecule has 0 aliphatic rings. The van der Waals surface area contributed by atoms with Gasteiger partial charge in [0, 0.05) is 11.5 Å². The van der Waals surface area contributed by atoms with E-state index in [1.165, 1.54) is 18.2 Å². The molecule has 0 saturated heterocycles. The number of aromatic nitrogens is 1. The number of hydrogen-bond donors (Lipinski definition) is 0. The third kappa shape index (κ3) is 3.14. The standard InChI is InChI=1S/C19H12FNO4/c20-14-6-3-5-13(8-14)19(22)23-11-15-10-18(25-21-15)17-9-12-4-1-2-7-16(12)24-17/h1-10H,11H2. The topological polar surface area (TPSA) is 65.5 Å². The maximum Gasteiger partial charge on any atom is 0.338 e. The number of furan rings is 1. The van der Waals surface area contributed by atoms with Gasteiger partial charge in [0.05, 0.1) is 5.56 Å². The quantitative estimate of drug-likeness (QED) is 0.510. The molecule has 0 fully saturated rings. The molecule has 2 heterocycles. The Balaban J connectivity index is 1.47. The lowest BCUT2D eigenvalue weighted by molar-refractivity contribution is 0.0463. The third-order valence-corrected chi connectivity index (χ3v) is 3.64. The predicted molar refractivity (Wildman–Crippen MR) is 87.2 cm³/mol. The van der Waals surface area contributed by atoms with Crippen LogP contribution in [-0.2, 0) is 11.3 Å². The number of nitrogens with zero attached hydrogens (tertiary/aromatic N) is 1. The second-order valence-corrected chi connectivity index (χ2v) is 5.42. The number of fused-ring (bicyclic) bond motifs is 1. The summed E-state index contributed by atoms with van der Waals surface area (Å²) >= 11 is 0. The molecule has 0 N–H and O–H groups in total. The maximum absolute atomic E-state index is 13.1. The Bertz CT molecular complexity index is 1020. The Kier molecular flexibility index (Phi) is 3.78. The van der Waals surface area contributed by atoms with Crippen molar-refractivity contribution in [2.24, 2.45) is 0 Å². The van der Waals surface area contributed by atoms with Crippen molar-refractivity contribution in [3.63, 3.8) is 0 Å². The van der Waals surface area contributed by atoms with Crippen LogP contribution in [0.15, 0.2) is 69.6 Å². The van der Waals surface area contributed by atoms with Crippen LogP contribution in [0.3, 0.4) is 0 Å². The van der Waals surface area contributed by atoms with Crippen LogP contribution in [0.5, 0.6) is 0 Å².